The quantitative estimate of drug-likeness (QED) is 0.104. The van der Waals surface area contributed by atoms with E-state index in [4.69, 9.17) is 5.11 Å². The molecule has 0 fully saturated rings. The second-order valence-corrected chi connectivity index (χ2v) is 8.30. The Bertz CT molecular complexity index is 492. The van der Waals surface area contributed by atoms with Crippen molar-refractivity contribution in [1.29, 1.82) is 0 Å². The highest BCUT2D eigenvalue weighted by Gasteiger charge is 2.36. The maximum absolute atomic E-state index is 11.9. The second-order valence-electron chi connectivity index (χ2n) is 8.30. The van der Waals surface area contributed by atoms with Gasteiger partial charge >= 0.3 is 0 Å². The van der Waals surface area contributed by atoms with Crippen LogP contribution in [0.25, 0.3) is 0 Å². The van der Waals surface area contributed by atoms with Crippen molar-refractivity contribution in [2.45, 2.75) is 121 Å². The van der Waals surface area contributed by atoms with Gasteiger partial charge in [0.15, 0.2) is 0 Å². The molecule has 7 heteroatoms. The number of allylic oxidation sites excluding steroid dienone is 2. The van der Waals surface area contributed by atoms with Gasteiger partial charge < -0.3 is 25.5 Å². The molecule has 0 aromatic carbocycles. The van der Waals surface area contributed by atoms with Crippen molar-refractivity contribution in [2.75, 3.05) is 6.61 Å². The molecule has 0 saturated heterocycles. The van der Waals surface area contributed by atoms with E-state index in [0.717, 1.165) is 38.5 Å². The highest BCUT2D eigenvalue weighted by Crippen LogP contribution is 2.12. The minimum atomic E-state index is -2.12. The maximum Gasteiger partial charge on any atom is 0.229 e. The summed E-state index contributed by atoms with van der Waals surface area (Å²) in [5.74, 6) is -2.00. The molecule has 0 amide bonds. The van der Waals surface area contributed by atoms with Crippen LogP contribution in [0.3, 0.4) is 0 Å². The molecule has 0 unspecified atom stereocenters. The SMILES string of the molecule is CCCCCCCC/C=C\CCCCCCCC(=O)C(=O)[C@H](O)[C@@H](O)[C@H](O)[C@H](O)CO. The minimum absolute atomic E-state index is 0.0284. The van der Waals surface area contributed by atoms with Crippen LogP contribution in [0.2, 0.25) is 0 Å². The van der Waals surface area contributed by atoms with Crippen LogP contribution in [0.15, 0.2) is 12.2 Å². The van der Waals surface area contributed by atoms with Gasteiger partial charge in [-0.3, -0.25) is 9.59 Å². The molecule has 182 valence electrons. The first-order valence-corrected chi connectivity index (χ1v) is 11.9. The van der Waals surface area contributed by atoms with E-state index in [1.165, 1.54) is 38.5 Å². The van der Waals surface area contributed by atoms with E-state index in [1.807, 2.05) is 0 Å². The van der Waals surface area contributed by atoms with E-state index in [9.17, 15) is 30.0 Å². The average molecular weight is 445 g/mol. The Morgan fingerprint density at radius 2 is 1.19 bits per heavy atom. The van der Waals surface area contributed by atoms with Crippen LogP contribution in [0.1, 0.15) is 96.8 Å². The number of carbonyl (C=O) groups excluding carboxylic acids is 2. The predicted molar refractivity (Wildman–Crippen MR) is 121 cm³/mol. The summed E-state index contributed by atoms with van der Waals surface area (Å²) in [6.07, 6.45) is 11.2. The third-order valence-corrected chi connectivity index (χ3v) is 5.46. The predicted octanol–water partition coefficient (Wildman–Crippen LogP) is 2.60. The summed E-state index contributed by atoms with van der Waals surface area (Å²) in [6.45, 7) is 1.38. The molecule has 0 aliphatic rings. The number of hydrogen-bond donors (Lipinski definition) is 5. The number of aliphatic hydroxyl groups is 5. The summed E-state index contributed by atoms with van der Waals surface area (Å²) in [7, 11) is 0. The van der Waals surface area contributed by atoms with Gasteiger partial charge in [0.2, 0.25) is 11.6 Å². The number of hydrogen-bond acceptors (Lipinski definition) is 7. The summed E-state index contributed by atoms with van der Waals surface area (Å²) in [6, 6.07) is 0. The van der Waals surface area contributed by atoms with Gasteiger partial charge in [0.25, 0.3) is 0 Å². The van der Waals surface area contributed by atoms with Crippen LogP contribution in [-0.2, 0) is 9.59 Å². The lowest BCUT2D eigenvalue weighted by Gasteiger charge is -2.24. The largest absolute Gasteiger partial charge is 0.394 e. The summed E-state index contributed by atoms with van der Waals surface area (Å²) < 4.78 is 0. The highest BCUT2D eigenvalue weighted by molar-refractivity contribution is 6.38. The van der Waals surface area contributed by atoms with Crippen LogP contribution in [0.4, 0.5) is 0 Å². The normalized spacial score (nSPS) is 15.7. The molecule has 0 aliphatic carbocycles. The number of aliphatic hydroxyl groups excluding tert-OH is 5. The van der Waals surface area contributed by atoms with Gasteiger partial charge in [0.1, 0.15) is 24.4 Å². The summed E-state index contributed by atoms with van der Waals surface area (Å²) in [4.78, 5) is 23.7. The molecule has 0 radical (unpaired) electrons. The monoisotopic (exact) mass is 444 g/mol. The summed E-state index contributed by atoms with van der Waals surface area (Å²) in [5, 5.41) is 46.9. The molecule has 0 aromatic heterocycles. The third-order valence-electron chi connectivity index (χ3n) is 5.46. The van der Waals surface area contributed by atoms with Crippen molar-refractivity contribution in [3.63, 3.8) is 0 Å². The Hall–Kier alpha value is -1.12. The number of unbranched alkanes of at least 4 members (excludes halogenated alkanes) is 11. The van der Waals surface area contributed by atoms with Crippen LogP contribution in [0.5, 0.6) is 0 Å². The standard InChI is InChI=1S/C24H44O7/c1-2-3-4-5-6-7-8-9-10-11-12-13-14-15-16-17-19(26)21(28)23(30)24(31)22(29)20(27)18-25/h9-10,20,22-25,27,29-31H,2-8,11-18H2,1H3/b10-9-/t20-,22-,23+,24+/m1/s1. The van der Waals surface area contributed by atoms with Crippen LogP contribution >= 0.6 is 0 Å². The van der Waals surface area contributed by atoms with E-state index >= 15 is 0 Å². The lowest BCUT2D eigenvalue weighted by Crippen LogP contribution is -2.50. The van der Waals surface area contributed by atoms with Crippen molar-refractivity contribution < 1.29 is 35.1 Å². The minimum Gasteiger partial charge on any atom is -0.394 e. The summed E-state index contributed by atoms with van der Waals surface area (Å²) >= 11 is 0. The van der Waals surface area contributed by atoms with Crippen molar-refractivity contribution in [3.05, 3.63) is 12.2 Å². The van der Waals surface area contributed by atoms with Gasteiger partial charge in [-0.25, -0.2) is 0 Å². The van der Waals surface area contributed by atoms with Gasteiger partial charge in [-0.05, 0) is 32.1 Å². The van der Waals surface area contributed by atoms with Crippen LogP contribution in [0, 0.1) is 0 Å². The molecule has 0 heterocycles. The van der Waals surface area contributed by atoms with Crippen LogP contribution < -0.4 is 0 Å². The smallest absolute Gasteiger partial charge is 0.229 e. The van der Waals surface area contributed by atoms with E-state index < -0.39 is 42.6 Å². The Balaban J connectivity index is 3.74. The molecular formula is C24H44O7. The van der Waals surface area contributed by atoms with Crippen molar-refractivity contribution in [3.8, 4) is 0 Å². The van der Waals surface area contributed by atoms with Crippen LogP contribution in [-0.4, -0.2) is 68.1 Å². The van der Waals surface area contributed by atoms with Crippen molar-refractivity contribution >= 4 is 11.6 Å². The van der Waals surface area contributed by atoms with Crippen molar-refractivity contribution in [2.24, 2.45) is 0 Å². The highest BCUT2D eigenvalue weighted by atomic mass is 16.4. The molecule has 0 bridgehead atoms. The zero-order valence-electron chi connectivity index (χ0n) is 19.1. The topological polar surface area (TPSA) is 135 Å². The first-order valence-electron chi connectivity index (χ1n) is 11.9. The lowest BCUT2D eigenvalue weighted by atomic mass is 9.96. The van der Waals surface area contributed by atoms with Gasteiger partial charge in [0, 0.05) is 6.42 Å². The Labute approximate surface area is 187 Å². The molecule has 0 aromatic rings. The van der Waals surface area contributed by atoms with Gasteiger partial charge in [0.05, 0.1) is 6.61 Å². The second kappa shape index (κ2) is 19.6. The van der Waals surface area contributed by atoms with E-state index in [1.54, 1.807) is 0 Å². The van der Waals surface area contributed by atoms with E-state index in [-0.39, 0.29) is 6.42 Å². The Kier molecular flexibility index (Phi) is 18.9. The molecule has 0 saturated carbocycles. The molecule has 4 atom stereocenters. The number of rotatable bonds is 21. The first kappa shape index (κ1) is 29.9. The van der Waals surface area contributed by atoms with E-state index in [2.05, 4.69) is 19.1 Å². The fraction of sp³-hybridized carbons (Fsp3) is 0.833. The zero-order chi connectivity index (χ0) is 23.5. The molecule has 0 spiro atoms. The molecule has 0 aliphatic heterocycles. The molecular weight excluding hydrogens is 400 g/mol. The van der Waals surface area contributed by atoms with Gasteiger partial charge in [-0.2, -0.15) is 0 Å². The fourth-order valence-electron chi connectivity index (χ4n) is 3.32. The summed E-state index contributed by atoms with van der Waals surface area (Å²) in [5.41, 5.74) is 0. The molecule has 7 nitrogen and oxygen atoms in total. The maximum atomic E-state index is 11.9. The van der Waals surface area contributed by atoms with Crippen molar-refractivity contribution in [1.82, 2.24) is 0 Å². The molecule has 0 rings (SSSR count). The Morgan fingerprint density at radius 3 is 1.71 bits per heavy atom. The first-order chi connectivity index (χ1) is 14.9. The number of ketones is 2. The van der Waals surface area contributed by atoms with Gasteiger partial charge in [-0.15, -0.1) is 0 Å². The van der Waals surface area contributed by atoms with E-state index in [0.29, 0.717) is 6.42 Å². The number of carbonyl (C=O) groups is 2. The average Bonchev–Trinajstić information content (AvgIpc) is 2.78. The lowest BCUT2D eigenvalue weighted by molar-refractivity contribution is -0.154. The Morgan fingerprint density at radius 1 is 0.710 bits per heavy atom. The third kappa shape index (κ3) is 14.5. The van der Waals surface area contributed by atoms with Gasteiger partial charge in [-0.1, -0.05) is 70.4 Å². The number of Topliss-reactive ketones (excluding diaryl/α,β-unsaturated/α-hetero) is 2. The fourth-order valence-corrected chi connectivity index (χ4v) is 3.32. The zero-order valence-corrected chi connectivity index (χ0v) is 19.1. The molecule has 31 heavy (non-hydrogen) atoms. The molecule has 5 N–H and O–H groups in total.